The topological polar surface area (TPSA) is 74.2 Å². The highest BCUT2D eigenvalue weighted by Gasteiger charge is 2.23. The Labute approximate surface area is 183 Å². The fourth-order valence-electron chi connectivity index (χ4n) is 3.27. The van der Waals surface area contributed by atoms with Gasteiger partial charge in [-0.3, -0.25) is 4.79 Å². The molecule has 0 atom stereocenters. The number of carbonyl (C=O) groups excluding carboxylic acids is 1. The highest BCUT2D eigenvalue weighted by Crippen LogP contribution is 2.20. The van der Waals surface area contributed by atoms with Crippen LogP contribution < -0.4 is 10.2 Å². The molecule has 1 fully saturated rings. The summed E-state index contributed by atoms with van der Waals surface area (Å²) in [6, 6.07) is 13.5. The maximum Gasteiger partial charge on any atom is 0.254 e. The van der Waals surface area contributed by atoms with Gasteiger partial charge in [0.25, 0.3) is 5.91 Å². The number of pyridine rings is 1. The van der Waals surface area contributed by atoms with Crippen LogP contribution >= 0.6 is 22.6 Å². The molecule has 0 saturated carbocycles. The number of nitrogens with zero attached hydrogens (tertiary/aromatic N) is 5. The summed E-state index contributed by atoms with van der Waals surface area (Å²) in [6.07, 6.45) is 3.32. The number of carbonyl (C=O) groups is 1. The first-order valence-electron chi connectivity index (χ1n) is 9.40. The number of hydrogen-bond donors (Lipinski definition) is 1. The normalized spacial score (nSPS) is 14.0. The number of amides is 1. The van der Waals surface area contributed by atoms with Crippen molar-refractivity contribution in [3.63, 3.8) is 0 Å². The first kappa shape index (κ1) is 19.6. The third-order valence-corrected chi connectivity index (χ3v) is 5.46. The SMILES string of the molecule is Cc1ccnc(Nc2cc(N3CCN(C(=O)c4cccc(I)c4)CC3)ncn2)c1. The zero-order chi connectivity index (χ0) is 20.2. The van der Waals surface area contributed by atoms with Gasteiger partial charge in [0.2, 0.25) is 0 Å². The van der Waals surface area contributed by atoms with Crippen molar-refractivity contribution in [3.05, 3.63) is 69.7 Å². The van der Waals surface area contributed by atoms with Crippen molar-refractivity contribution in [1.29, 1.82) is 0 Å². The Morgan fingerprint density at radius 3 is 2.55 bits per heavy atom. The van der Waals surface area contributed by atoms with E-state index in [0.29, 0.717) is 18.9 Å². The number of piperazine rings is 1. The number of halogens is 1. The molecule has 1 N–H and O–H groups in total. The summed E-state index contributed by atoms with van der Waals surface area (Å²) in [5, 5.41) is 3.22. The molecule has 3 aromatic rings. The average molecular weight is 500 g/mol. The van der Waals surface area contributed by atoms with E-state index in [2.05, 4.69) is 47.8 Å². The molecule has 1 aromatic carbocycles. The van der Waals surface area contributed by atoms with Crippen LogP contribution in [0.1, 0.15) is 15.9 Å². The molecule has 2 aromatic heterocycles. The van der Waals surface area contributed by atoms with Gasteiger partial charge in [0.15, 0.2) is 0 Å². The Morgan fingerprint density at radius 1 is 1.00 bits per heavy atom. The molecular formula is C21H21IN6O. The van der Waals surface area contributed by atoms with Crippen molar-refractivity contribution in [1.82, 2.24) is 19.9 Å². The largest absolute Gasteiger partial charge is 0.353 e. The van der Waals surface area contributed by atoms with Crippen molar-refractivity contribution in [2.45, 2.75) is 6.92 Å². The molecule has 29 heavy (non-hydrogen) atoms. The zero-order valence-electron chi connectivity index (χ0n) is 16.0. The van der Waals surface area contributed by atoms with Crippen LogP contribution in [0, 0.1) is 10.5 Å². The van der Waals surface area contributed by atoms with Gasteiger partial charge >= 0.3 is 0 Å². The lowest BCUT2D eigenvalue weighted by Crippen LogP contribution is -2.49. The summed E-state index contributed by atoms with van der Waals surface area (Å²) in [7, 11) is 0. The summed E-state index contributed by atoms with van der Waals surface area (Å²) >= 11 is 2.23. The molecule has 1 aliphatic rings. The molecular weight excluding hydrogens is 479 g/mol. The van der Waals surface area contributed by atoms with Crippen LogP contribution in [0.2, 0.25) is 0 Å². The Bertz CT molecular complexity index is 1020. The number of benzene rings is 1. The van der Waals surface area contributed by atoms with Gasteiger partial charge in [-0.1, -0.05) is 6.07 Å². The van der Waals surface area contributed by atoms with E-state index in [9.17, 15) is 4.79 Å². The van der Waals surface area contributed by atoms with E-state index >= 15 is 0 Å². The lowest BCUT2D eigenvalue weighted by atomic mass is 10.2. The predicted octanol–water partition coefficient (Wildman–Crippen LogP) is 3.49. The lowest BCUT2D eigenvalue weighted by molar-refractivity contribution is 0.0746. The Kier molecular flexibility index (Phi) is 5.89. The maximum atomic E-state index is 12.7. The second-order valence-corrected chi connectivity index (χ2v) is 8.14. The van der Waals surface area contributed by atoms with Gasteiger partial charge in [-0.2, -0.15) is 0 Å². The molecule has 1 amide bonds. The number of anilines is 3. The lowest BCUT2D eigenvalue weighted by Gasteiger charge is -2.35. The molecule has 3 heterocycles. The summed E-state index contributed by atoms with van der Waals surface area (Å²) in [6.45, 7) is 4.81. The Morgan fingerprint density at radius 2 is 1.79 bits per heavy atom. The molecule has 0 unspecified atom stereocenters. The fraction of sp³-hybridized carbons (Fsp3) is 0.238. The number of rotatable bonds is 4. The van der Waals surface area contributed by atoms with E-state index in [0.717, 1.165) is 39.4 Å². The van der Waals surface area contributed by atoms with Crippen LogP contribution in [-0.4, -0.2) is 51.9 Å². The van der Waals surface area contributed by atoms with Crippen LogP contribution in [-0.2, 0) is 0 Å². The molecule has 0 radical (unpaired) electrons. The minimum absolute atomic E-state index is 0.0822. The van der Waals surface area contributed by atoms with Crippen molar-refractivity contribution in [3.8, 4) is 0 Å². The van der Waals surface area contributed by atoms with E-state index in [-0.39, 0.29) is 5.91 Å². The first-order valence-corrected chi connectivity index (χ1v) is 10.5. The monoisotopic (exact) mass is 500 g/mol. The Hall–Kier alpha value is -2.75. The molecule has 148 valence electrons. The molecule has 1 saturated heterocycles. The van der Waals surface area contributed by atoms with E-state index in [1.165, 1.54) is 0 Å². The van der Waals surface area contributed by atoms with E-state index in [1.54, 1.807) is 12.5 Å². The molecule has 0 bridgehead atoms. The van der Waals surface area contributed by atoms with E-state index in [4.69, 9.17) is 0 Å². The van der Waals surface area contributed by atoms with Gasteiger partial charge in [0, 0.05) is 47.6 Å². The number of aromatic nitrogens is 3. The number of hydrogen-bond acceptors (Lipinski definition) is 6. The maximum absolute atomic E-state index is 12.7. The standard InChI is InChI=1S/C21H21IN6O/c1-15-5-6-23-18(11-15)26-19-13-20(25-14-24-19)27-7-9-28(10-8-27)21(29)16-3-2-4-17(22)12-16/h2-6,11-14H,7-10H2,1H3,(H,23,24,25,26). The van der Waals surface area contributed by atoms with Gasteiger partial charge in [-0.05, 0) is 65.4 Å². The van der Waals surface area contributed by atoms with Crippen LogP contribution in [0.5, 0.6) is 0 Å². The van der Waals surface area contributed by atoms with Gasteiger partial charge in [-0.25, -0.2) is 15.0 Å². The van der Waals surface area contributed by atoms with Crippen molar-refractivity contribution in [2.24, 2.45) is 0 Å². The summed E-state index contributed by atoms with van der Waals surface area (Å²) in [4.78, 5) is 29.8. The molecule has 8 heteroatoms. The van der Waals surface area contributed by atoms with Crippen LogP contribution in [0.4, 0.5) is 17.5 Å². The second kappa shape index (κ2) is 8.73. The van der Waals surface area contributed by atoms with Gasteiger partial charge in [0.1, 0.15) is 23.8 Å². The minimum Gasteiger partial charge on any atom is -0.353 e. The molecule has 0 spiro atoms. The van der Waals surface area contributed by atoms with Gasteiger partial charge in [-0.15, -0.1) is 0 Å². The average Bonchev–Trinajstić information content (AvgIpc) is 2.74. The smallest absolute Gasteiger partial charge is 0.254 e. The van der Waals surface area contributed by atoms with Crippen molar-refractivity contribution < 1.29 is 4.79 Å². The summed E-state index contributed by atoms with van der Waals surface area (Å²) in [5.74, 6) is 2.38. The minimum atomic E-state index is 0.0822. The fourth-order valence-corrected chi connectivity index (χ4v) is 3.81. The molecule has 1 aliphatic heterocycles. The van der Waals surface area contributed by atoms with E-state index in [1.807, 2.05) is 54.3 Å². The molecule has 7 nitrogen and oxygen atoms in total. The van der Waals surface area contributed by atoms with Crippen LogP contribution in [0.3, 0.4) is 0 Å². The molecule has 4 rings (SSSR count). The number of aryl methyl sites for hydroxylation is 1. The molecule has 0 aliphatic carbocycles. The highest BCUT2D eigenvalue weighted by atomic mass is 127. The van der Waals surface area contributed by atoms with E-state index < -0.39 is 0 Å². The first-order chi connectivity index (χ1) is 14.1. The van der Waals surface area contributed by atoms with Crippen molar-refractivity contribution in [2.75, 3.05) is 36.4 Å². The summed E-state index contributed by atoms with van der Waals surface area (Å²) in [5.41, 5.74) is 1.87. The van der Waals surface area contributed by atoms with Gasteiger partial charge < -0.3 is 15.1 Å². The van der Waals surface area contributed by atoms with Gasteiger partial charge in [0.05, 0.1) is 0 Å². The highest BCUT2D eigenvalue weighted by molar-refractivity contribution is 14.1. The van der Waals surface area contributed by atoms with Crippen LogP contribution in [0.15, 0.2) is 55.0 Å². The third kappa shape index (κ3) is 4.81. The van der Waals surface area contributed by atoms with Crippen LogP contribution in [0.25, 0.3) is 0 Å². The van der Waals surface area contributed by atoms with Crippen molar-refractivity contribution >= 4 is 46.0 Å². The third-order valence-electron chi connectivity index (χ3n) is 4.79. The second-order valence-electron chi connectivity index (χ2n) is 6.89. The predicted molar refractivity (Wildman–Crippen MR) is 122 cm³/mol. The zero-order valence-corrected chi connectivity index (χ0v) is 18.2. The number of nitrogens with one attached hydrogen (secondary N) is 1. The Balaban J connectivity index is 1.40. The quantitative estimate of drug-likeness (QED) is 0.553. The summed E-state index contributed by atoms with van der Waals surface area (Å²) < 4.78 is 1.07.